The van der Waals surface area contributed by atoms with Crippen LogP contribution in [0.3, 0.4) is 0 Å². The molecule has 1 fully saturated rings. The third-order valence-corrected chi connectivity index (χ3v) is 7.48. The first kappa shape index (κ1) is 21.9. The van der Waals surface area contributed by atoms with E-state index >= 15 is 0 Å². The maximum absolute atomic E-state index is 13.5. The lowest BCUT2D eigenvalue weighted by molar-refractivity contribution is -0.145. The van der Waals surface area contributed by atoms with E-state index in [0.29, 0.717) is 13.2 Å². The molecule has 5 nitrogen and oxygen atoms in total. The van der Waals surface area contributed by atoms with Crippen LogP contribution in [-0.4, -0.2) is 47.4 Å². The van der Waals surface area contributed by atoms with E-state index in [1.54, 1.807) is 16.2 Å². The zero-order valence-corrected chi connectivity index (χ0v) is 19.5. The number of thiophene rings is 1. The van der Waals surface area contributed by atoms with Crippen molar-refractivity contribution in [3.05, 3.63) is 51.7 Å². The monoisotopic (exact) mass is 440 g/mol. The smallest absolute Gasteiger partial charge is 0.242 e. The van der Waals surface area contributed by atoms with Gasteiger partial charge in [0.15, 0.2) is 0 Å². The Morgan fingerprint density at radius 1 is 1.23 bits per heavy atom. The summed E-state index contributed by atoms with van der Waals surface area (Å²) in [4.78, 5) is 31.4. The summed E-state index contributed by atoms with van der Waals surface area (Å²) in [5.41, 5.74) is 2.37. The van der Waals surface area contributed by atoms with E-state index < -0.39 is 0 Å². The predicted octanol–water partition coefficient (Wildman–Crippen LogP) is 4.60. The molecule has 0 saturated heterocycles. The van der Waals surface area contributed by atoms with Crippen molar-refractivity contribution in [1.29, 1.82) is 0 Å². The van der Waals surface area contributed by atoms with E-state index in [-0.39, 0.29) is 36.4 Å². The summed E-state index contributed by atoms with van der Waals surface area (Å²) in [7, 11) is 0. The standard InChI is InChI=1S/C25H32N2O3S/c1-4-18(3)27(25(29)19-7-8-19)15-24(28)26-13-11-23-21(12-14-31-23)22(26)16-30-20-9-5-17(2)6-10-20/h5-6,9-10,12,14,18-19,22H,4,7-8,11,13,15-16H2,1-3H3/t18-,22-/m0/s1. The van der Waals surface area contributed by atoms with Gasteiger partial charge in [-0.15, -0.1) is 11.3 Å². The van der Waals surface area contributed by atoms with E-state index in [0.717, 1.165) is 31.4 Å². The molecule has 2 amide bonds. The number of amides is 2. The first-order chi connectivity index (χ1) is 15.0. The maximum Gasteiger partial charge on any atom is 0.242 e. The van der Waals surface area contributed by atoms with Gasteiger partial charge in [0.2, 0.25) is 11.8 Å². The third kappa shape index (κ3) is 4.95. The van der Waals surface area contributed by atoms with Gasteiger partial charge in [-0.2, -0.15) is 0 Å². The SMILES string of the molecule is CC[C@H](C)N(CC(=O)N1CCc2sccc2[C@@H]1COc1ccc(C)cc1)C(=O)C1CC1. The van der Waals surface area contributed by atoms with E-state index in [2.05, 4.69) is 25.3 Å². The second kappa shape index (κ2) is 9.43. The summed E-state index contributed by atoms with van der Waals surface area (Å²) in [6, 6.07) is 10.1. The van der Waals surface area contributed by atoms with Crippen LogP contribution in [0.5, 0.6) is 5.75 Å². The summed E-state index contributed by atoms with van der Waals surface area (Å²) in [6.07, 6.45) is 3.62. The van der Waals surface area contributed by atoms with Gasteiger partial charge in [0.25, 0.3) is 0 Å². The zero-order valence-electron chi connectivity index (χ0n) is 18.7. The molecule has 4 rings (SSSR count). The average Bonchev–Trinajstić information content (AvgIpc) is 3.52. The molecule has 2 atom stereocenters. The molecule has 0 bridgehead atoms. The highest BCUT2D eigenvalue weighted by Gasteiger charge is 2.38. The van der Waals surface area contributed by atoms with Gasteiger partial charge in [-0.25, -0.2) is 0 Å². The third-order valence-electron chi connectivity index (χ3n) is 6.48. The molecule has 2 heterocycles. The van der Waals surface area contributed by atoms with E-state index in [1.165, 1.54) is 16.0 Å². The second-order valence-corrected chi connectivity index (χ2v) is 9.77. The van der Waals surface area contributed by atoms with Crippen molar-refractivity contribution >= 4 is 23.2 Å². The number of hydrogen-bond acceptors (Lipinski definition) is 4. The summed E-state index contributed by atoms with van der Waals surface area (Å²) in [5, 5.41) is 2.10. The molecule has 1 aromatic heterocycles. The average molecular weight is 441 g/mol. The van der Waals surface area contributed by atoms with Gasteiger partial charge in [-0.3, -0.25) is 9.59 Å². The molecule has 0 N–H and O–H groups in total. The Hall–Kier alpha value is -2.34. The van der Waals surface area contributed by atoms with Gasteiger partial charge in [0.05, 0.1) is 6.04 Å². The minimum atomic E-state index is -0.126. The first-order valence-corrected chi connectivity index (χ1v) is 12.2. The number of rotatable bonds is 8. The molecule has 1 aliphatic carbocycles. The van der Waals surface area contributed by atoms with Crippen molar-refractivity contribution in [2.45, 2.75) is 58.5 Å². The molecule has 1 saturated carbocycles. The Morgan fingerprint density at radius 2 is 1.97 bits per heavy atom. The number of nitrogens with zero attached hydrogens (tertiary/aromatic N) is 2. The molecule has 2 aliphatic rings. The minimum Gasteiger partial charge on any atom is -0.491 e. The quantitative estimate of drug-likeness (QED) is 0.603. The van der Waals surface area contributed by atoms with Crippen LogP contribution in [-0.2, 0) is 16.0 Å². The minimum absolute atomic E-state index is 0.0173. The van der Waals surface area contributed by atoms with Gasteiger partial charge in [0.1, 0.15) is 18.9 Å². The van der Waals surface area contributed by atoms with Crippen LogP contribution >= 0.6 is 11.3 Å². The zero-order chi connectivity index (χ0) is 22.0. The summed E-state index contributed by atoms with van der Waals surface area (Å²) >= 11 is 1.75. The molecular formula is C25H32N2O3S. The Bertz CT molecular complexity index is 919. The Labute approximate surface area is 189 Å². The highest BCUT2D eigenvalue weighted by Crippen LogP contribution is 2.35. The first-order valence-electron chi connectivity index (χ1n) is 11.3. The van der Waals surface area contributed by atoms with Crippen molar-refractivity contribution in [2.24, 2.45) is 5.92 Å². The number of ether oxygens (including phenoxy) is 1. The number of aryl methyl sites for hydroxylation is 1. The van der Waals surface area contributed by atoms with Crippen LogP contribution < -0.4 is 4.74 Å². The fraction of sp³-hybridized carbons (Fsp3) is 0.520. The molecule has 31 heavy (non-hydrogen) atoms. The molecule has 6 heteroatoms. The molecular weight excluding hydrogens is 408 g/mol. The molecule has 1 aromatic carbocycles. The Morgan fingerprint density at radius 3 is 2.65 bits per heavy atom. The fourth-order valence-electron chi connectivity index (χ4n) is 4.16. The van der Waals surface area contributed by atoms with Crippen molar-refractivity contribution in [1.82, 2.24) is 9.80 Å². The number of carbonyl (C=O) groups excluding carboxylic acids is 2. The summed E-state index contributed by atoms with van der Waals surface area (Å²) in [5.74, 6) is 1.09. The summed E-state index contributed by atoms with van der Waals surface area (Å²) in [6.45, 7) is 7.40. The topological polar surface area (TPSA) is 49.9 Å². The largest absolute Gasteiger partial charge is 0.491 e. The molecule has 0 spiro atoms. The van der Waals surface area contributed by atoms with E-state index in [1.807, 2.05) is 36.1 Å². The van der Waals surface area contributed by atoms with Crippen LogP contribution in [0, 0.1) is 12.8 Å². The molecule has 0 unspecified atom stereocenters. The highest BCUT2D eigenvalue weighted by atomic mass is 32.1. The molecule has 166 valence electrons. The second-order valence-electron chi connectivity index (χ2n) is 8.77. The van der Waals surface area contributed by atoms with Gasteiger partial charge < -0.3 is 14.5 Å². The maximum atomic E-state index is 13.5. The van der Waals surface area contributed by atoms with Crippen LogP contribution in [0.25, 0.3) is 0 Å². The number of benzene rings is 1. The van der Waals surface area contributed by atoms with Crippen molar-refractivity contribution in [3.8, 4) is 5.75 Å². The summed E-state index contributed by atoms with van der Waals surface area (Å²) < 4.78 is 6.11. The van der Waals surface area contributed by atoms with Gasteiger partial charge in [0, 0.05) is 23.4 Å². The Kier molecular flexibility index (Phi) is 6.65. The normalized spacial score (nSPS) is 18.9. The van der Waals surface area contributed by atoms with Crippen LogP contribution in [0.4, 0.5) is 0 Å². The number of carbonyl (C=O) groups is 2. The van der Waals surface area contributed by atoms with Crippen LogP contribution in [0.1, 0.15) is 55.2 Å². The fourth-order valence-corrected chi connectivity index (χ4v) is 5.09. The van der Waals surface area contributed by atoms with E-state index in [4.69, 9.17) is 4.74 Å². The van der Waals surface area contributed by atoms with Gasteiger partial charge in [-0.05, 0) is 68.7 Å². The van der Waals surface area contributed by atoms with Crippen molar-refractivity contribution in [3.63, 3.8) is 0 Å². The lowest BCUT2D eigenvalue weighted by Gasteiger charge is -2.38. The van der Waals surface area contributed by atoms with Crippen LogP contribution in [0.15, 0.2) is 35.7 Å². The lowest BCUT2D eigenvalue weighted by atomic mass is 10.00. The highest BCUT2D eigenvalue weighted by molar-refractivity contribution is 7.10. The van der Waals surface area contributed by atoms with E-state index in [9.17, 15) is 9.59 Å². The van der Waals surface area contributed by atoms with Gasteiger partial charge in [-0.1, -0.05) is 24.6 Å². The predicted molar refractivity (Wildman–Crippen MR) is 123 cm³/mol. The molecule has 0 radical (unpaired) electrons. The Balaban J connectivity index is 1.50. The number of hydrogen-bond donors (Lipinski definition) is 0. The lowest BCUT2D eigenvalue weighted by Crippen LogP contribution is -2.50. The van der Waals surface area contributed by atoms with Crippen molar-refractivity contribution < 1.29 is 14.3 Å². The molecule has 1 aliphatic heterocycles. The van der Waals surface area contributed by atoms with Crippen molar-refractivity contribution in [2.75, 3.05) is 19.7 Å². The van der Waals surface area contributed by atoms with Crippen LogP contribution in [0.2, 0.25) is 0 Å². The molecule has 2 aromatic rings. The van der Waals surface area contributed by atoms with Gasteiger partial charge >= 0.3 is 0 Å². The number of fused-ring (bicyclic) bond motifs is 1.